The lowest BCUT2D eigenvalue weighted by Gasteiger charge is -2.31. The Morgan fingerprint density at radius 1 is 1.30 bits per heavy atom. The van der Waals surface area contributed by atoms with Crippen molar-refractivity contribution in [2.24, 2.45) is 11.8 Å². The minimum Gasteiger partial charge on any atom is -0.353 e. The first kappa shape index (κ1) is 18.1. The van der Waals surface area contributed by atoms with Crippen molar-refractivity contribution in [1.82, 2.24) is 21.5 Å². The van der Waals surface area contributed by atoms with Gasteiger partial charge in [-0.2, -0.15) is 0 Å². The van der Waals surface area contributed by atoms with E-state index < -0.39 is 0 Å². The Balaban J connectivity index is 0.00000192. The van der Waals surface area contributed by atoms with Crippen molar-refractivity contribution >= 4 is 18.3 Å². The van der Waals surface area contributed by atoms with Crippen molar-refractivity contribution in [3.63, 3.8) is 0 Å². The maximum atomic E-state index is 14.0. The smallest absolute Gasteiger partial charge is 0.226 e. The molecule has 4 atom stereocenters. The normalized spacial score (nSPS) is 30.5. The molecule has 1 aromatic rings. The molecule has 0 saturated carbocycles. The molecule has 0 aromatic heterocycles. The summed E-state index contributed by atoms with van der Waals surface area (Å²) in [5.74, 6) is -0.188. The highest BCUT2D eigenvalue weighted by atomic mass is 35.5. The third kappa shape index (κ3) is 4.01. The minimum absolute atomic E-state index is 0. The average molecular weight is 343 g/mol. The molecule has 23 heavy (non-hydrogen) atoms. The molecule has 4 N–H and O–H groups in total. The molecule has 0 aliphatic carbocycles. The third-order valence-corrected chi connectivity index (χ3v) is 4.67. The van der Waals surface area contributed by atoms with Crippen molar-refractivity contribution < 1.29 is 9.18 Å². The lowest BCUT2D eigenvalue weighted by atomic mass is 9.91. The number of hydrazine groups is 1. The molecule has 1 amide bonds. The number of hydrogen-bond donors (Lipinski definition) is 4. The quantitative estimate of drug-likeness (QED) is 0.665. The fourth-order valence-corrected chi connectivity index (χ4v) is 3.28. The molecular weight excluding hydrogens is 319 g/mol. The first-order valence-electron chi connectivity index (χ1n) is 7.90. The second-order valence-corrected chi connectivity index (χ2v) is 6.22. The van der Waals surface area contributed by atoms with E-state index in [9.17, 15) is 9.18 Å². The van der Waals surface area contributed by atoms with E-state index in [0.717, 1.165) is 19.5 Å². The fraction of sp³-hybridized carbons (Fsp3) is 0.562. The number of nitrogens with one attached hydrogen (secondary N) is 4. The summed E-state index contributed by atoms with van der Waals surface area (Å²) in [6, 6.07) is 6.47. The lowest BCUT2D eigenvalue weighted by Crippen LogP contribution is -2.50. The fourth-order valence-electron chi connectivity index (χ4n) is 3.28. The average Bonchev–Trinajstić information content (AvgIpc) is 2.99. The Hall–Kier alpha value is -1.21. The second kappa shape index (κ2) is 8.06. The zero-order valence-corrected chi connectivity index (χ0v) is 14.0. The van der Waals surface area contributed by atoms with Crippen molar-refractivity contribution in [2.45, 2.75) is 25.4 Å². The van der Waals surface area contributed by atoms with Gasteiger partial charge in [0.2, 0.25) is 5.91 Å². The maximum Gasteiger partial charge on any atom is 0.226 e. The standard InChI is InChI=1S/C16H23FN4O.ClH/c1-10-8-18-7-6-14(10)20-16(22)12-9-19-21-15(12)11-4-2-3-5-13(11)17;/h2-5,10,12,14-15,18-19,21H,6-9H2,1H3,(H,20,22);1H. The molecule has 2 fully saturated rings. The molecule has 7 heteroatoms. The van der Waals surface area contributed by atoms with Crippen LogP contribution in [-0.4, -0.2) is 31.6 Å². The predicted octanol–water partition coefficient (Wildman–Crippen LogP) is 1.13. The monoisotopic (exact) mass is 342 g/mol. The van der Waals surface area contributed by atoms with Crippen LogP contribution in [0.15, 0.2) is 24.3 Å². The molecule has 3 rings (SSSR count). The highest BCUT2D eigenvalue weighted by Crippen LogP contribution is 2.27. The van der Waals surface area contributed by atoms with Crippen molar-refractivity contribution in [2.75, 3.05) is 19.6 Å². The molecule has 5 nitrogen and oxygen atoms in total. The summed E-state index contributed by atoms with van der Waals surface area (Å²) < 4.78 is 14.0. The number of halogens is 2. The number of hydrogen-bond acceptors (Lipinski definition) is 4. The van der Waals surface area contributed by atoms with Gasteiger partial charge in [0.15, 0.2) is 0 Å². The van der Waals surface area contributed by atoms with Crippen LogP contribution in [0.3, 0.4) is 0 Å². The van der Waals surface area contributed by atoms with Crippen LogP contribution in [0.2, 0.25) is 0 Å². The summed E-state index contributed by atoms with van der Waals surface area (Å²) in [7, 11) is 0. The van der Waals surface area contributed by atoms with Gasteiger partial charge in [-0.1, -0.05) is 25.1 Å². The lowest BCUT2D eigenvalue weighted by molar-refractivity contribution is -0.126. The van der Waals surface area contributed by atoms with Crippen LogP contribution < -0.4 is 21.5 Å². The van der Waals surface area contributed by atoms with Crippen LogP contribution >= 0.6 is 12.4 Å². The van der Waals surface area contributed by atoms with E-state index in [1.807, 2.05) is 0 Å². The summed E-state index contributed by atoms with van der Waals surface area (Å²) in [6.45, 7) is 4.48. The van der Waals surface area contributed by atoms with Gasteiger partial charge in [0, 0.05) is 18.2 Å². The van der Waals surface area contributed by atoms with Crippen LogP contribution in [0, 0.1) is 17.7 Å². The Labute approximate surface area is 142 Å². The molecule has 0 bridgehead atoms. The number of benzene rings is 1. The number of amides is 1. The molecule has 2 saturated heterocycles. The van der Waals surface area contributed by atoms with Gasteiger partial charge in [-0.25, -0.2) is 9.82 Å². The largest absolute Gasteiger partial charge is 0.353 e. The summed E-state index contributed by atoms with van der Waals surface area (Å²) in [5.41, 5.74) is 6.55. The number of piperidine rings is 1. The molecule has 0 spiro atoms. The second-order valence-electron chi connectivity index (χ2n) is 6.22. The van der Waals surface area contributed by atoms with Gasteiger partial charge in [-0.15, -0.1) is 12.4 Å². The van der Waals surface area contributed by atoms with Gasteiger partial charge in [0.05, 0.1) is 12.0 Å². The Bertz CT molecular complexity index is 545. The van der Waals surface area contributed by atoms with E-state index in [2.05, 4.69) is 28.4 Å². The zero-order chi connectivity index (χ0) is 15.5. The highest BCUT2D eigenvalue weighted by Gasteiger charge is 2.36. The molecule has 1 aromatic carbocycles. The SMILES string of the molecule is CC1CNCCC1NC(=O)C1CNNC1c1ccccc1F.Cl. The molecule has 0 radical (unpaired) electrons. The first-order chi connectivity index (χ1) is 10.7. The third-order valence-electron chi connectivity index (χ3n) is 4.67. The van der Waals surface area contributed by atoms with Gasteiger partial charge in [-0.3, -0.25) is 10.2 Å². The van der Waals surface area contributed by atoms with Gasteiger partial charge >= 0.3 is 0 Å². The van der Waals surface area contributed by atoms with E-state index in [1.165, 1.54) is 6.07 Å². The summed E-state index contributed by atoms with van der Waals surface area (Å²) in [5, 5.41) is 6.47. The Morgan fingerprint density at radius 2 is 2.09 bits per heavy atom. The van der Waals surface area contributed by atoms with Gasteiger partial charge < -0.3 is 10.6 Å². The van der Waals surface area contributed by atoms with Crippen LogP contribution in [-0.2, 0) is 4.79 Å². The van der Waals surface area contributed by atoms with Crippen LogP contribution in [0.4, 0.5) is 4.39 Å². The number of carbonyl (C=O) groups excluding carboxylic acids is 1. The van der Waals surface area contributed by atoms with E-state index in [0.29, 0.717) is 18.0 Å². The molecule has 2 aliphatic rings. The summed E-state index contributed by atoms with van der Waals surface area (Å²) in [6.07, 6.45) is 0.935. The summed E-state index contributed by atoms with van der Waals surface area (Å²) >= 11 is 0. The molecule has 2 heterocycles. The van der Waals surface area contributed by atoms with Crippen molar-refractivity contribution in [3.05, 3.63) is 35.6 Å². The molecular formula is C16H24ClFN4O. The predicted molar refractivity (Wildman–Crippen MR) is 89.6 cm³/mol. The maximum absolute atomic E-state index is 14.0. The topological polar surface area (TPSA) is 65.2 Å². The Morgan fingerprint density at radius 3 is 2.83 bits per heavy atom. The number of carbonyl (C=O) groups is 1. The minimum atomic E-state index is -0.335. The van der Waals surface area contributed by atoms with Gasteiger partial charge in [0.1, 0.15) is 5.82 Å². The van der Waals surface area contributed by atoms with Gasteiger partial charge in [0.25, 0.3) is 0 Å². The van der Waals surface area contributed by atoms with E-state index in [4.69, 9.17) is 0 Å². The molecule has 4 unspecified atom stereocenters. The van der Waals surface area contributed by atoms with E-state index >= 15 is 0 Å². The highest BCUT2D eigenvalue weighted by molar-refractivity contribution is 5.85. The van der Waals surface area contributed by atoms with E-state index in [-0.39, 0.29) is 42.1 Å². The molecule has 128 valence electrons. The van der Waals surface area contributed by atoms with Crippen molar-refractivity contribution in [1.29, 1.82) is 0 Å². The first-order valence-corrected chi connectivity index (χ1v) is 7.90. The Kier molecular flexibility index (Phi) is 6.35. The number of rotatable bonds is 3. The molecule has 2 aliphatic heterocycles. The zero-order valence-electron chi connectivity index (χ0n) is 13.1. The van der Waals surface area contributed by atoms with Gasteiger partial charge in [-0.05, 0) is 31.5 Å². The van der Waals surface area contributed by atoms with E-state index in [1.54, 1.807) is 18.2 Å². The van der Waals surface area contributed by atoms with Crippen molar-refractivity contribution in [3.8, 4) is 0 Å². The van der Waals surface area contributed by atoms with Crippen LogP contribution in [0.1, 0.15) is 24.9 Å². The van der Waals surface area contributed by atoms with Crippen LogP contribution in [0.25, 0.3) is 0 Å². The van der Waals surface area contributed by atoms with Crippen LogP contribution in [0.5, 0.6) is 0 Å². The summed E-state index contributed by atoms with van der Waals surface area (Å²) in [4.78, 5) is 12.6.